The van der Waals surface area contributed by atoms with E-state index in [1.807, 2.05) is 24.3 Å². The number of nitrogens with zero attached hydrogens (tertiary/aromatic N) is 1. The van der Waals surface area contributed by atoms with Gasteiger partial charge in [0.2, 0.25) is 0 Å². The number of para-hydroxylation sites is 2. The van der Waals surface area contributed by atoms with Crippen molar-refractivity contribution in [1.29, 1.82) is 0 Å². The molecular formula is C21H26NO. The van der Waals surface area contributed by atoms with Gasteiger partial charge < -0.3 is 4.74 Å². The Morgan fingerprint density at radius 3 is 2.52 bits per heavy atom. The third kappa shape index (κ3) is 3.69. The Hall–Kier alpha value is -1.96. The summed E-state index contributed by atoms with van der Waals surface area (Å²) in [6.45, 7) is 4.45. The van der Waals surface area contributed by atoms with Crippen LogP contribution in [-0.2, 0) is 6.42 Å². The fraction of sp³-hybridized carbons (Fsp3) is 0.429. The maximum Gasteiger partial charge on any atom is 0.153 e. The third-order valence-corrected chi connectivity index (χ3v) is 4.58. The molecule has 0 saturated heterocycles. The molecule has 0 spiro atoms. The van der Waals surface area contributed by atoms with E-state index in [0.717, 1.165) is 29.3 Å². The maximum absolute atomic E-state index is 6.04. The van der Waals surface area contributed by atoms with Crippen molar-refractivity contribution in [2.75, 3.05) is 0 Å². The van der Waals surface area contributed by atoms with Crippen LogP contribution in [-0.4, -0.2) is 0 Å². The molecule has 2 aromatic carbocycles. The highest BCUT2D eigenvalue weighted by Gasteiger charge is 2.21. The standard InChI is InChI=1S/C21H26NO/c1-3-4-5-6-7-8-11-17-16(2)14-15-20-21(17)22-18-12-9-10-13-19(18)23-20/h9-10,12-15H,3-8,11H2,1-2H3. The van der Waals surface area contributed by atoms with E-state index in [1.54, 1.807) is 0 Å². The van der Waals surface area contributed by atoms with Crippen LogP contribution in [0.4, 0.5) is 11.4 Å². The first-order chi connectivity index (χ1) is 11.3. The fourth-order valence-corrected chi connectivity index (χ4v) is 3.19. The second kappa shape index (κ2) is 7.54. The average Bonchev–Trinajstić information content (AvgIpc) is 2.58. The molecule has 1 radical (unpaired) electrons. The van der Waals surface area contributed by atoms with Crippen LogP contribution in [0.2, 0.25) is 0 Å². The molecule has 2 aromatic rings. The minimum absolute atomic E-state index is 0.856. The second-order valence-corrected chi connectivity index (χ2v) is 6.41. The summed E-state index contributed by atoms with van der Waals surface area (Å²) in [6, 6.07) is 12.2. The normalized spacial score (nSPS) is 12.1. The van der Waals surface area contributed by atoms with Crippen molar-refractivity contribution in [2.24, 2.45) is 0 Å². The first-order valence-corrected chi connectivity index (χ1v) is 8.90. The smallest absolute Gasteiger partial charge is 0.153 e. The topological polar surface area (TPSA) is 23.3 Å². The van der Waals surface area contributed by atoms with Gasteiger partial charge in [0.25, 0.3) is 0 Å². The largest absolute Gasteiger partial charge is 0.453 e. The zero-order valence-corrected chi connectivity index (χ0v) is 14.3. The Kier molecular flexibility index (Phi) is 5.22. The van der Waals surface area contributed by atoms with Crippen LogP contribution in [0.5, 0.6) is 11.5 Å². The second-order valence-electron chi connectivity index (χ2n) is 6.41. The summed E-state index contributed by atoms with van der Waals surface area (Å²) in [6.07, 6.45) is 9.01. The summed E-state index contributed by atoms with van der Waals surface area (Å²) >= 11 is 0. The van der Waals surface area contributed by atoms with Crippen molar-refractivity contribution in [3.8, 4) is 11.5 Å². The highest BCUT2D eigenvalue weighted by Crippen LogP contribution is 2.44. The van der Waals surface area contributed by atoms with Crippen LogP contribution >= 0.6 is 0 Å². The molecule has 0 aromatic heterocycles. The summed E-state index contributed by atoms with van der Waals surface area (Å²) in [5, 5.41) is 4.87. The van der Waals surface area contributed by atoms with Crippen molar-refractivity contribution in [3.05, 3.63) is 47.5 Å². The molecular weight excluding hydrogens is 282 g/mol. The highest BCUT2D eigenvalue weighted by atomic mass is 16.5. The van der Waals surface area contributed by atoms with Gasteiger partial charge in [0.05, 0.1) is 0 Å². The minimum Gasteiger partial charge on any atom is -0.453 e. The van der Waals surface area contributed by atoms with Gasteiger partial charge in [-0.05, 0) is 49.1 Å². The number of rotatable bonds is 7. The van der Waals surface area contributed by atoms with Crippen LogP contribution in [0.1, 0.15) is 56.6 Å². The minimum atomic E-state index is 0.856. The summed E-state index contributed by atoms with van der Waals surface area (Å²) < 4.78 is 6.04. The Morgan fingerprint density at radius 2 is 1.65 bits per heavy atom. The van der Waals surface area contributed by atoms with Gasteiger partial charge in [0, 0.05) is 0 Å². The Balaban J connectivity index is 1.70. The zero-order valence-electron chi connectivity index (χ0n) is 14.3. The predicted molar refractivity (Wildman–Crippen MR) is 96.2 cm³/mol. The quantitative estimate of drug-likeness (QED) is 0.453. The molecule has 2 nitrogen and oxygen atoms in total. The van der Waals surface area contributed by atoms with Gasteiger partial charge in [-0.2, -0.15) is 0 Å². The number of benzene rings is 2. The van der Waals surface area contributed by atoms with Crippen molar-refractivity contribution in [2.45, 2.75) is 58.8 Å². The summed E-state index contributed by atoms with van der Waals surface area (Å²) in [5.74, 6) is 1.75. The van der Waals surface area contributed by atoms with E-state index in [9.17, 15) is 0 Å². The van der Waals surface area contributed by atoms with Gasteiger partial charge >= 0.3 is 0 Å². The summed E-state index contributed by atoms with van der Waals surface area (Å²) in [7, 11) is 0. The molecule has 0 N–H and O–H groups in total. The molecule has 0 amide bonds. The lowest BCUT2D eigenvalue weighted by Crippen LogP contribution is -2.06. The van der Waals surface area contributed by atoms with E-state index in [1.165, 1.54) is 49.7 Å². The SMILES string of the molecule is CCCCCCCCc1c(C)ccc2c1[N]c1ccccc1O2. The first kappa shape index (κ1) is 15.9. The lowest BCUT2D eigenvalue weighted by atomic mass is 9.98. The van der Waals surface area contributed by atoms with Crippen LogP contribution in [0.25, 0.3) is 0 Å². The van der Waals surface area contributed by atoms with Gasteiger partial charge in [-0.15, -0.1) is 0 Å². The molecule has 1 aliphatic heterocycles. The van der Waals surface area contributed by atoms with Crippen LogP contribution < -0.4 is 10.1 Å². The molecule has 23 heavy (non-hydrogen) atoms. The van der Waals surface area contributed by atoms with Gasteiger partial charge in [-0.25, -0.2) is 5.32 Å². The maximum atomic E-state index is 6.04. The van der Waals surface area contributed by atoms with E-state index in [4.69, 9.17) is 10.1 Å². The van der Waals surface area contributed by atoms with E-state index in [0.29, 0.717) is 0 Å². The molecule has 1 aliphatic rings. The lowest BCUT2D eigenvalue weighted by Gasteiger charge is -2.23. The zero-order chi connectivity index (χ0) is 16.1. The van der Waals surface area contributed by atoms with Crippen molar-refractivity contribution < 1.29 is 4.74 Å². The summed E-state index contributed by atoms with van der Waals surface area (Å²) in [5.41, 5.74) is 4.66. The van der Waals surface area contributed by atoms with E-state index in [2.05, 4.69) is 26.0 Å². The number of hydrogen-bond donors (Lipinski definition) is 0. The molecule has 0 fully saturated rings. The van der Waals surface area contributed by atoms with Gasteiger partial charge in [0.1, 0.15) is 11.4 Å². The molecule has 0 unspecified atom stereocenters. The molecule has 0 aliphatic carbocycles. The van der Waals surface area contributed by atoms with E-state index < -0.39 is 0 Å². The first-order valence-electron chi connectivity index (χ1n) is 8.90. The molecule has 0 atom stereocenters. The van der Waals surface area contributed by atoms with Crippen molar-refractivity contribution in [3.63, 3.8) is 0 Å². The molecule has 0 saturated carbocycles. The fourth-order valence-electron chi connectivity index (χ4n) is 3.19. The van der Waals surface area contributed by atoms with Crippen LogP contribution in [0.15, 0.2) is 36.4 Å². The highest BCUT2D eigenvalue weighted by molar-refractivity contribution is 5.71. The number of unbranched alkanes of at least 4 members (excludes halogenated alkanes) is 5. The molecule has 121 valence electrons. The van der Waals surface area contributed by atoms with Crippen LogP contribution in [0.3, 0.4) is 0 Å². The van der Waals surface area contributed by atoms with Gasteiger partial charge in [-0.1, -0.05) is 57.2 Å². The summed E-state index contributed by atoms with van der Waals surface area (Å²) in [4.78, 5) is 0. The molecule has 2 heteroatoms. The van der Waals surface area contributed by atoms with E-state index >= 15 is 0 Å². The third-order valence-electron chi connectivity index (χ3n) is 4.58. The van der Waals surface area contributed by atoms with Gasteiger partial charge in [-0.3, -0.25) is 0 Å². The van der Waals surface area contributed by atoms with Crippen molar-refractivity contribution >= 4 is 11.4 Å². The molecule has 3 rings (SSSR count). The number of aryl methyl sites for hydroxylation is 1. The van der Waals surface area contributed by atoms with Crippen LogP contribution in [0, 0.1) is 6.92 Å². The Morgan fingerprint density at radius 1 is 0.870 bits per heavy atom. The number of fused-ring (bicyclic) bond motifs is 2. The number of ether oxygens (including phenoxy) is 1. The predicted octanol–water partition coefficient (Wildman–Crippen LogP) is 6.57. The van der Waals surface area contributed by atoms with Gasteiger partial charge in [0.15, 0.2) is 11.5 Å². The van der Waals surface area contributed by atoms with Crippen molar-refractivity contribution in [1.82, 2.24) is 5.32 Å². The Bertz CT molecular complexity index is 663. The monoisotopic (exact) mass is 308 g/mol. The molecule has 1 heterocycles. The number of hydrogen-bond acceptors (Lipinski definition) is 1. The van der Waals surface area contributed by atoms with E-state index in [-0.39, 0.29) is 0 Å². The lowest BCUT2D eigenvalue weighted by molar-refractivity contribution is 0.470. The molecule has 0 bridgehead atoms. The Labute approximate surface area is 139 Å². The average molecular weight is 308 g/mol.